The lowest BCUT2D eigenvalue weighted by Crippen LogP contribution is -2.46. The predicted molar refractivity (Wildman–Crippen MR) is 89.1 cm³/mol. The van der Waals surface area contributed by atoms with Gasteiger partial charge in [0.25, 0.3) is 0 Å². The van der Waals surface area contributed by atoms with Crippen LogP contribution in [0.15, 0.2) is 12.1 Å². The lowest BCUT2D eigenvalue weighted by Gasteiger charge is -2.31. The summed E-state index contributed by atoms with van der Waals surface area (Å²) in [4.78, 5) is 27.4. The van der Waals surface area contributed by atoms with E-state index in [1.54, 1.807) is 22.7 Å². The second-order valence-electron chi connectivity index (χ2n) is 5.67. The van der Waals surface area contributed by atoms with Gasteiger partial charge in [-0.05, 0) is 31.9 Å². The van der Waals surface area contributed by atoms with Gasteiger partial charge in [-0.25, -0.2) is 4.79 Å². The zero-order valence-electron chi connectivity index (χ0n) is 12.3. The molecule has 3 rings (SSSR count). The molecule has 0 aromatic carbocycles. The van der Waals surface area contributed by atoms with Crippen LogP contribution in [0.25, 0.3) is 0 Å². The third-order valence-corrected chi connectivity index (χ3v) is 6.58. The fraction of sp³-hybridized carbons (Fsp3) is 0.600. The first-order valence-electron chi connectivity index (χ1n) is 7.40. The van der Waals surface area contributed by atoms with E-state index in [1.807, 2.05) is 13.0 Å². The number of nitrogens with zero attached hydrogens (tertiary/aromatic N) is 1. The van der Waals surface area contributed by atoms with Gasteiger partial charge in [0.2, 0.25) is 5.91 Å². The second kappa shape index (κ2) is 6.81. The highest BCUT2D eigenvalue weighted by atomic mass is 35.5. The van der Waals surface area contributed by atoms with Crippen molar-refractivity contribution in [2.45, 2.75) is 38.3 Å². The Morgan fingerprint density at radius 3 is 2.77 bits per heavy atom. The molecule has 0 spiro atoms. The van der Waals surface area contributed by atoms with Crippen molar-refractivity contribution in [2.24, 2.45) is 5.92 Å². The molecule has 4 nitrogen and oxygen atoms in total. The second-order valence-corrected chi connectivity index (χ2v) is 8.42. The summed E-state index contributed by atoms with van der Waals surface area (Å²) >= 11 is 8.93. The molecule has 22 heavy (non-hydrogen) atoms. The van der Waals surface area contributed by atoms with Gasteiger partial charge in [-0.2, -0.15) is 0 Å². The molecular weight excluding hydrogens is 342 g/mol. The molecule has 1 saturated carbocycles. The van der Waals surface area contributed by atoms with Crippen LogP contribution in [-0.2, 0) is 14.3 Å². The molecule has 1 amide bonds. The van der Waals surface area contributed by atoms with Gasteiger partial charge < -0.3 is 9.64 Å². The molecule has 1 saturated heterocycles. The average Bonchev–Trinajstić information content (AvgIpc) is 3.04. The zero-order chi connectivity index (χ0) is 15.7. The first-order valence-corrected chi connectivity index (χ1v) is 9.75. The first-order chi connectivity index (χ1) is 10.6. The van der Waals surface area contributed by atoms with Crippen LogP contribution in [-0.4, -0.2) is 34.4 Å². The zero-order valence-corrected chi connectivity index (χ0v) is 14.7. The maximum absolute atomic E-state index is 12.4. The van der Waals surface area contributed by atoms with E-state index in [9.17, 15) is 9.59 Å². The Kier molecular flexibility index (Phi) is 5.00. The van der Waals surface area contributed by atoms with E-state index in [0.717, 1.165) is 24.1 Å². The van der Waals surface area contributed by atoms with E-state index >= 15 is 0 Å². The number of carbonyl (C=O) groups excluding carboxylic acids is 2. The summed E-state index contributed by atoms with van der Waals surface area (Å²) in [6.45, 7) is 1.83. The average molecular weight is 360 g/mol. The Hall–Kier alpha value is -0.720. The number of esters is 1. The molecule has 1 aliphatic heterocycles. The summed E-state index contributed by atoms with van der Waals surface area (Å²) in [6, 6.07) is 3.21. The van der Waals surface area contributed by atoms with Crippen molar-refractivity contribution in [3.63, 3.8) is 0 Å². The molecule has 2 heterocycles. The minimum Gasteiger partial charge on any atom is -0.455 e. The SMILES string of the molecule is C[C@@H](OC(=O)C1CSCN1C(=O)C1CCC1)c1ccc(Cl)s1. The summed E-state index contributed by atoms with van der Waals surface area (Å²) < 4.78 is 6.23. The van der Waals surface area contributed by atoms with Crippen LogP contribution in [0.3, 0.4) is 0 Å². The number of rotatable bonds is 4. The van der Waals surface area contributed by atoms with Crippen molar-refractivity contribution >= 4 is 46.6 Å². The minimum absolute atomic E-state index is 0.113. The molecule has 1 aromatic heterocycles. The maximum atomic E-state index is 12.4. The number of ether oxygens (including phenoxy) is 1. The van der Waals surface area contributed by atoms with E-state index in [4.69, 9.17) is 16.3 Å². The van der Waals surface area contributed by atoms with Crippen molar-refractivity contribution in [3.8, 4) is 0 Å². The normalized spacial score (nSPS) is 23.2. The highest BCUT2D eigenvalue weighted by Gasteiger charge is 2.40. The standard InChI is InChI=1S/C15H18ClNO3S2/c1-9(12-5-6-13(16)22-12)20-15(19)11-7-21-8-17(11)14(18)10-3-2-4-10/h5-6,9-11H,2-4,7-8H2,1H3/t9-,11?/m1/s1. The molecule has 1 unspecified atom stereocenters. The van der Waals surface area contributed by atoms with Crippen LogP contribution in [0.5, 0.6) is 0 Å². The molecule has 2 aliphatic rings. The monoisotopic (exact) mass is 359 g/mol. The van der Waals surface area contributed by atoms with Crippen LogP contribution in [0.1, 0.15) is 37.2 Å². The summed E-state index contributed by atoms with van der Waals surface area (Å²) in [5.41, 5.74) is 0. The molecule has 0 bridgehead atoms. The van der Waals surface area contributed by atoms with E-state index in [-0.39, 0.29) is 23.9 Å². The highest BCUT2D eigenvalue weighted by molar-refractivity contribution is 7.99. The summed E-state index contributed by atoms with van der Waals surface area (Å²) in [7, 11) is 0. The van der Waals surface area contributed by atoms with E-state index in [0.29, 0.717) is 16.0 Å². The molecule has 1 aliphatic carbocycles. The molecule has 2 atom stereocenters. The summed E-state index contributed by atoms with van der Waals surface area (Å²) in [6.07, 6.45) is 2.68. The van der Waals surface area contributed by atoms with Crippen LogP contribution < -0.4 is 0 Å². The van der Waals surface area contributed by atoms with Gasteiger partial charge in [0.1, 0.15) is 12.1 Å². The molecule has 1 aromatic rings. The number of hydrogen-bond acceptors (Lipinski definition) is 5. The van der Waals surface area contributed by atoms with Gasteiger partial charge in [0.15, 0.2) is 0 Å². The van der Waals surface area contributed by atoms with Crippen LogP contribution in [0, 0.1) is 5.92 Å². The van der Waals surface area contributed by atoms with Gasteiger partial charge in [-0.15, -0.1) is 23.1 Å². The number of thioether (sulfide) groups is 1. The molecule has 2 fully saturated rings. The number of thiophene rings is 1. The molecule has 0 radical (unpaired) electrons. The van der Waals surface area contributed by atoms with E-state index < -0.39 is 6.04 Å². The van der Waals surface area contributed by atoms with Crippen molar-refractivity contribution in [3.05, 3.63) is 21.3 Å². The van der Waals surface area contributed by atoms with Crippen LogP contribution >= 0.6 is 34.7 Å². The first kappa shape index (κ1) is 16.1. The van der Waals surface area contributed by atoms with Gasteiger partial charge in [-0.1, -0.05) is 18.0 Å². The minimum atomic E-state index is -0.448. The maximum Gasteiger partial charge on any atom is 0.330 e. The van der Waals surface area contributed by atoms with Crippen molar-refractivity contribution < 1.29 is 14.3 Å². The summed E-state index contributed by atoms with van der Waals surface area (Å²) in [5.74, 6) is 1.13. The van der Waals surface area contributed by atoms with Gasteiger partial charge >= 0.3 is 5.97 Å². The third kappa shape index (κ3) is 3.29. The molecule has 0 N–H and O–H groups in total. The fourth-order valence-electron chi connectivity index (χ4n) is 2.60. The topological polar surface area (TPSA) is 46.6 Å². The van der Waals surface area contributed by atoms with Gasteiger partial charge in [-0.3, -0.25) is 4.79 Å². The van der Waals surface area contributed by atoms with Crippen LogP contribution in [0.4, 0.5) is 0 Å². The Balaban J connectivity index is 1.61. The van der Waals surface area contributed by atoms with E-state index in [1.165, 1.54) is 11.3 Å². The Morgan fingerprint density at radius 2 is 2.18 bits per heavy atom. The largest absolute Gasteiger partial charge is 0.455 e. The highest BCUT2D eigenvalue weighted by Crippen LogP contribution is 2.34. The molecule has 7 heteroatoms. The summed E-state index contributed by atoms with van der Waals surface area (Å²) in [5, 5.41) is 0. The smallest absolute Gasteiger partial charge is 0.330 e. The van der Waals surface area contributed by atoms with Crippen molar-refractivity contribution in [1.82, 2.24) is 4.90 Å². The quantitative estimate of drug-likeness (QED) is 0.769. The number of hydrogen-bond donors (Lipinski definition) is 0. The van der Waals surface area contributed by atoms with Crippen molar-refractivity contribution in [2.75, 3.05) is 11.6 Å². The van der Waals surface area contributed by atoms with Gasteiger partial charge in [0, 0.05) is 16.5 Å². The van der Waals surface area contributed by atoms with Crippen LogP contribution in [0.2, 0.25) is 4.34 Å². The fourth-order valence-corrected chi connectivity index (χ4v) is 4.79. The van der Waals surface area contributed by atoms with E-state index in [2.05, 4.69) is 0 Å². The lowest BCUT2D eigenvalue weighted by molar-refractivity contribution is -0.158. The number of halogens is 1. The molecular formula is C15H18ClNO3S2. The Morgan fingerprint density at radius 1 is 1.41 bits per heavy atom. The number of carbonyl (C=O) groups is 2. The molecule has 120 valence electrons. The Labute approximate surface area is 143 Å². The lowest BCUT2D eigenvalue weighted by atomic mass is 9.84. The Bertz CT molecular complexity index is 573. The van der Waals surface area contributed by atoms with Crippen molar-refractivity contribution in [1.29, 1.82) is 0 Å². The third-order valence-electron chi connectivity index (χ3n) is 4.18. The number of amides is 1. The predicted octanol–water partition coefficient (Wildman–Crippen LogP) is 3.71. The van der Waals surface area contributed by atoms with Gasteiger partial charge in [0.05, 0.1) is 10.2 Å².